The highest BCUT2D eigenvalue weighted by atomic mass is 16.1. The molecule has 0 aliphatic carbocycles. The number of nitrogens with zero attached hydrogens (tertiary/aromatic N) is 1. The Balaban J connectivity index is 3.06. The highest BCUT2D eigenvalue weighted by Crippen LogP contribution is 2.29. The number of hydrogen-bond donors (Lipinski definition) is 0. The van der Waals surface area contributed by atoms with Crippen molar-refractivity contribution < 1.29 is 4.79 Å². The van der Waals surface area contributed by atoms with E-state index in [-0.39, 0.29) is 17.1 Å². The number of carbonyl (C=O) groups is 1. The van der Waals surface area contributed by atoms with Gasteiger partial charge >= 0.3 is 0 Å². The van der Waals surface area contributed by atoms with Crippen molar-refractivity contribution in [3.8, 4) is 0 Å². The first-order chi connectivity index (χ1) is 7.23. The minimum absolute atomic E-state index is 0.00555. The van der Waals surface area contributed by atoms with E-state index in [1.807, 2.05) is 32.9 Å². The van der Waals surface area contributed by atoms with Crippen LogP contribution in [0, 0.1) is 25.2 Å². The maximum atomic E-state index is 12.3. The smallest absolute Gasteiger partial charge is 0.168 e. The molecule has 1 unspecified atom stereocenters. The van der Waals surface area contributed by atoms with Gasteiger partial charge in [-0.1, -0.05) is 27.7 Å². The predicted octanol–water partition coefficient (Wildman–Crippen LogP) is 3.56. The summed E-state index contributed by atoms with van der Waals surface area (Å²) in [6.45, 7) is 12.1. The zero-order valence-corrected chi connectivity index (χ0v) is 11.1. The summed E-state index contributed by atoms with van der Waals surface area (Å²) in [7, 11) is 0. The van der Waals surface area contributed by atoms with Crippen LogP contribution in [0.5, 0.6) is 0 Å². The third-order valence-corrected chi connectivity index (χ3v) is 3.18. The first-order valence-electron chi connectivity index (χ1n) is 5.72. The SMILES string of the molecule is Cc1ccc(C(=O)C(C)C(C)(C)C)c(C)n1. The van der Waals surface area contributed by atoms with E-state index >= 15 is 0 Å². The van der Waals surface area contributed by atoms with Crippen molar-refractivity contribution in [1.29, 1.82) is 0 Å². The zero-order valence-electron chi connectivity index (χ0n) is 11.1. The van der Waals surface area contributed by atoms with Crippen LogP contribution in [0.15, 0.2) is 12.1 Å². The van der Waals surface area contributed by atoms with Crippen LogP contribution in [0.4, 0.5) is 0 Å². The lowest BCUT2D eigenvalue weighted by Gasteiger charge is -2.26. The summed E-state index contributed by atoms with van der Waals surface area (Å²) in [5.41, 5.74) is 2.54. The Labute approximate surface area is 98.1 Å². The van der Waals surface area contributed by atoms with Gasteiger partial charge in [-0.05, 0) is 31.4 Å². The number of hydrogen-bond acceptors (Lipinski definition) is 2. The molecule has 0 aliphatic rings. The number of Topliss-reactive ketones (excluding diaryl/α,β-unsaturated/α-hetero) is 1. The molecule has 0 radical (unpaired) electrons. The summed E-state index contributed by atoms with van der Waals surface area (Å²) in [6.07, 6.45) is 0. The number of ketones is 1. The second-order valence-electron chi connectivity index (χ2n) is 5.54. The monoisotopic (exact) mass is 219 g/mol. The molecule has 0 aliphatic heterocycles. The molecule has 1 heterocycles. The van der Waals surface area contributed by atoms with Gasteiger partial charge in [0, 0.05) is 22.9 Å². The van der Waals surface area contributed by atoms with Crippen molar-refractivity contribution in [2.45, 2.75) is 41.5 Å². The second-order valence-corrected chi connectivity index (χ2v) is 5.54. The fourth-order valence-corrected chi connectivity index (χ4v) is 1.57. The fourth-order valence-electron chi connectivity index (χ4n) is 1.57. The van der Waals surface area contributed by atoms with Gasteiger partial charge in [-0.3, -0.25) is 9.78 Å². The molecular formula is C14H21NO. The van der Waals surface area contributed by atoms with Gasteiger partial charge < -0.3 is 0 Å². The fraction of sp³-hybridized carbons (Fsp3) is 0.571. The zero-order chi connectivity index (χ0) is 12.5. The van der Waals surface area contributed by atoms with Crippen molar-refractivity contribution in [2.24, 2.45) is 11.3 Å². The molecule has 0 amide bonds. The lowest BCUT2D eigenvalue weighted by Crippen LogP contribution is -2.26. The molecule has 0 N–H and O–H groups in total. The molecule has 2 heteroatoms. The molecule has 0 fully saturated rings. The molecule has 0 spiro atoms. The lowest BCUT2D eigenvalue weighted by atomic mass is 9.77. The van der Waals surface area contributed by atoms with Crippen molar-refractivity contribution in [2.75, 3.05) is 0 Å². The Morgan fingerprint density at radius 3 is 2.25 bits per heavy atom. The Morgan fingerprint density at radius 2 is 1.81 bits per heavy atom. The second kappa shape index (κ2) is 4.36. The van der Waals surface area contributed by atoms with E-state index in [0.29, 0.717) is 0 Å². The van der Waals surface area contributed by atoms with E-state index in [9.17, 15) is 4.79 Å². The van der Waals surface area contributed by atoms with Gasteiger partial charge in [0.25, 0.3) is 0 Å². The molecule has 16 heavy (non-hydrogen) atoms. The van der Waals surface area contributed by atoms with Crippen LogP contribution in [0.1, 0.15) is 49.4 Å². The maximum absolute atomic E-state index is 12.3. The minimum Gasteiger partial charge on any atom is -0.294 e. The molecule has 88 valence electrons. The van der Waals surface area contributed by atoms with Crippen LogP contribution in [-0.4, -0.2) is 10.8 Å². The topological polar surface area (TPSA) is 30.0 Å². The maximum Gasteiger partial charge on any atom is 0.168 e. The molecule has 2 nitrogen and oxygen atoms in total. The summed E-state index contributed by atoms with van der Waals surface area (Å²) in [5, 5.41) is 0. The first-order valence-corrected chi connectivity index (χ1v) is 5.72. The molecule has 1 rings (SSSR count). The highest BCUT2D eigenvalue weighted by Gasteiger charge is 2.28. The molecule has 0 saturated carbocycles. The van der Waals surface area contributed by atoms with E-state index in [4.69, 9.17) is 0 Å². The average molecular weight is 219 g/mol. The van der Waals surface area contributed by atoms with E-state index in [2.05, 4.69) is 25.8 Å². The lowest BCUT2D eigenvalue weighted by molar-refractivity contribution is 0.0838. The summed E-state index contributed by atoms with van der Waals surface area (Å²) in [5.74, 6) is 0.202. The largest absolute Gasteiger partial charge is 0.294 e. The Hall–Kier alpha value is -1.18. The summed E-state index contributed by atoms with van der Waals surface area (Å²) in [6, 6.07) is 3.79. The van der Waals surface area contributed by atoms with Gasteiger partial charge in [-0.15, -0.1) is 0 Å². The Morgan fingerprint density at radius 1 is 1.25 bits per heavy atom. The summed E-state index contributed by atoms with van der Waals surface area (Å²) in [4.78, 5) is 16.6. The van der Waals surface area contributed by atoms with E-state index < -0.39 is 0 Å². The van der Waals surface area contributed by atoms with Crippen molar-refractivity contribution in [3.05, 3.63) is 29.1 Å². The number of pyridine rings is 1. The number of aryl methyl sites for hydroxylation is 2. The average Bonchev–Trinajstić information content (AvgIpc) is 2.14. The standard InChI is InChI=1S/C14H21NO/c1-9-7-8-12(11(3)15-9)13(16)10(2)14(4,5)6/h7-8,10H,1-6H3. The minimum atomic E-state index is -0.00555. The highest BCUT2D eigenvalue weighted by molar-refractivity contribution is 5.98. The number of rotatable bonds is 2. The molecule has 1 atom stereocenters. The van der Waals surface area contributed by atoms with Crippen LogP contribution in [0.3, 0.4) is 0 Å². The quantitative estimate of drug-likeness (QED) is 0.712. The molecular weight excluding hydrogens is 198 g/mol. The van der Waals surface area contributed by atoms with E-state index in [1.54, 1.807) is 0 Å². The summed E-state index contributed by atoms with van der Waals surface area (Å²) < 4.78 is 0. The van der Waals surface area contributed by atoms with E-state index in [1.165, 1.54) is 0 Å². The van der Waals surface area contributed by atoms with Crippen LogP contribution in [0.2, 0.25) is 0 Å². The molecule has 0 aromatic carbocycles. The van der Waals surface area contributed by atoms with Gasteiger partial charge in [-0.2, -0.15) is 0 Å². The Bertz CT molecular complexity index is 402. The number of aromatic nitrogens is 1. The molecule has 0 bridgehead atoms. The Kier molecular flexibility index (Phi) is 3.51. The summed E-state index contributed by atoms with van der Waals surface area (Å²) >= 11 is 0. The van der Waals surface area contributed by atoms with Gasteiger partial charge in [0.2, 0.25) is 0 Å². The third kappa shape index (κ3) is 2.69. The predicted molar refractivity (Wildman–Crippen MR) is 66.7 cm³/mol. The molecule has 1 aromatic rings. The first kappa shape index (κ1) is 12.9. The van der Waals surface area contributed by atoms with Gasteiger partial charge in [-0.25, -0.2) is 0 Å². The van der Waals surface area contributed by atoms with Gasteiger partial charge in [0.15, 0.2) is 5.78 Å². The van der Waals surface area contributed by atoms with Crippen LogP contribution < -0.4 is 0 Å². The van der Waals surface area contributed by atoms with Gasteiger partial charge in [0.05, 0.1) is 0 Å². The van der Waals surface area contributed by atoms with Crippen molar-refractivity contribution in [1.82, 2.24) is 4.98 Å². The van der Waals surface area contributed by atoms with Gasteiger partial charge in [0.1, 0.15) is 0 Å². The van der Waals surface area contributed by atoms with Crippen LogP contribution >= 0.6 is 0 Å². The molecule has 0 saturated heterocycles. The van der Waals surface area contributed by atoms with Crippen LogP contribution in [-0.2, 0) is 0 Å². The number of carbonyl (C=O) groups excluding carboxylic acids is 1. The molecule has 1 aromatic heterocycles. The van der Waals surface area contributed by atoms with Crippen molar-refractivity contribution >= 4 is 5.78 Å². The third-order valence-electron chi connectivity index (χ3n) is 3.18. The van der Waals surface area contributed by atoms with E-state index in [0.717, 1.165) is 17.0 Å². The normalized spacial score (nSPS) is 13.6. The van der Waals surface area contributed by atoms with Crippen LogP contribution in [0.25, 0.3) is 0 Å². The van der Waals surface area contributed by atoms with Crippen molar-refractivity contribution in [3.63, 3.8) is 0 Å².